The average molecular weight is 359 g/mol. The van der Waals surface area contributed by atoms with Crippen LogP contribution in [-0.2, 0) is 0 Å². The van der Waals surface area contributed by atoms with Crippen LogP contribution in [0.15, 0.2) is 97.2 Å². The number of benzene rings is 5. The van der Waals surface area contributed by atoms with Gasteiger partial charge in [-0.3, -0.25) is 0 Å². The van der Waals surface area contributed by atoms with Gasteiger partial charge in [-0.1, -0.05) is 48.5 Å². The van der Waals surface area contributed by atoms with Crippen LogP contribution in [0.25, 0.3) is 43.2 Å². The van der Waals surface area contributed by atoms with Crippen LogP contribution in [0.4, 0.5) is 0 Å². The summed E-state index contributed by atoms with van der Waals surface area (Å²) in [7, 11) is 0. The summed E-state index contributed by atoms with van der Waals surface area (Å²) < 4.78 is 6.38. The molecule has 5 aromatic carbocycles. The van der Waals surface area contributed by atoms with Crippen LogP contribution >= 0.6 is 0 Å². The Kier molecular flexibility index (Phi) is 3.20. The van der Waals surface area contributed by atoms with Crippen molar-refractivity contribution in [3.8, 4) is 11.5 Å². The molecule has 0 fully saturated rings. The highest BCUT2D eigenvalue weighted by Crippen LogP contribution is 2.37. The molecule has 0 saturated carbocycles. The summed E-state index contributed by atoms with van der Waals surface area (Å²) in [6.45, 7) is 0. The van der Waals surface area contributed by atoms with Gasteiger partial charge in [0.15, 0.2) is 0 Å². The van der Waals surface area contributed by atoms with Crippen molar-refractivity contribution in [1.29, 1.82) is 0 Å². The Hall–Kier alpha value is -3.78. The molecule has 0 aliphatic carbocycles. The van der Waals surface area contributed by atoms with E-state index in [0.717, 1.165) is 27.8 Å². The van der Waals surface area contributed by atoms with Gasteiger partial charge in [0.05, 0.1) is 0 Å². The fraction of sp³-hybridized carbons (Fsp3) is 0. The fourth-order valence-corrected chi connectivity index (χ4v) is 4.07. The van der Waals surface area contributed by atoms with E-state index < -0.39 is 0 Å². The minimum absolute atomic E-state index is 0.845. The first-order valence-corrected chi connectivity index (χ1v) is 9.44. The van der Waals surface area contributed by atoms with Gasteiger partial charge in [-0.05, 0) is 69.4 Å². The molecular formula is C26H17NO. The lowest BCUT2D eigenvalue weighted by Gasteiger charge is -2.12. The molecule has 1 N–H and O–H groups in total. The highest BCUT2D eigenvalue weighted by atomic mass is 16.5. The first-order chi connectivity index (χ1) is 13.8. The number of aromatic amines is 1. The summed E-state index contributed by atoms with van der Waals surface area (Å²) in [5.74, 6) is 1.73. The van der Waals surface area contributed by atoms with E-state index in [2.05, 4.69) is 89.9 Å². The number of fused-ring (bicyclic) bond motifs is 5. The fourth-order valence-electron chi connectivity index (χ4n) is 4.07. The van der Waals surface area contributed by atoms with Gasteiger partial charge < -0.3 is 9.72 Å². The molecule has 6 aromatic rings. The molecule has 0 spiro atoms. The highest BCUT2D eigenvalue weighted by molar-refractivity contribution is 6.14. The van der Waals surface area contributed by atoms with Crippen molar-refractivity contribution in [2.75, 3.05) is 0 Å². The van der Waals surface area contributed by atoms with E-state index in [1.807, 2.05) is 12.3 Å². The third kappa shape index (κ3) is 2.35. The second kappa shape index (κ2) is 5.86. The van der Waals surface area contributed by atoms with Crippen LogP contribution in [-0.4, -0.2) is 4.98 Å². The van der Waals surface area contributed by atoms with Gasteiger partial charge in [-0.2, -0.15) is 0 Å². The zero-order valence-electron chi connectivity index (χ0n) is 15.1. The second-order valence-corrected chi connectivity index (χ2v) is 7.17. The standard InChI is InChI=1S/C26H17NO/c1-2-5-19-16-23-20(14-18(19)4-1)9-8-17-6-3-7-25(26(17)23)28-22-10-11-24-21(15-22)12-13-27-24/h1-16,27H. The summed E-state index contributed by atoms with van der Waals surface area (Å²) in [5.41, 5.74) is 1.11. The summed E-state index contributed by atoms with van der Waals surface area (Å²) in [5, 5.41) is 8.42. The number of aromatic nitrogens is 1. The summed E-state index contributed by atoms with van der Waals surface area (Å²) in [4.78, 5) is 3.23. The van der Waals surface area contributed by atoms with E-state index in [4.69, 9.17) is 4.74 Å². The van der Waals surface area contributed by atoms with Crippen molar-refractivity contribution in [3.05, 3.63) is 97.2 Å². The van der Waals surface area contributed by atoms with E-state index in [1.54, 1.807) is 0 Å². The molecule has 0 radical (unpaired) electrons. The van der Waals surface area contributed by atoms with Crippen LogP contribution < -0.4 is 4.74 Å². The molecule has 2 nitrogen and oxygen atoms in total. The minimum atomic E-state index is 0.845. The predicted molar refractivity (Wildman–Crippen MR) is 117 cm³/mol. The van der Waals surface area contributed by atoms with Crippen molar-refractivity contribution in [3.63, 3.8) is 0 Å². The third-order valence-corrected chi connectivity index (χ3v) is 5.44. The summed E-state index contributed by atoms with van der Waals surface area (Å²) in [6.07, 6.45) is 1.95. The number of hydrogen-bond acceptors (Lipinski definition) is 1. The minimum Gasteiger partial charge on any atom is -0.457 e. The smallest absolute Gasteiger partial charge is 0.135 e. The lowest BCUT2D eigenvalue weighted by Crippen LogP contribution is -1.88. The van der Waals surface area contributed by atoms with Crippen molar-refractivity contribution in [2.45, 2.75) is 0 Å². The Morgan fingerprint density at radius 2 is 1.39 bits per heavy atom. The zero-order valence-corrected chi connectivity index (χ0v) is 15.1. The number of ether oxygens (including phenoxy) is 1. The SMILES string of the molecule is c1ccc2cc3c(ccc4cccc(Oc5ccc6[nH]ccc6c5)c43)cc2c1. The molecule has 132 valence electrons. The normalized spacial score (nSPS) is 11.6. The first kappa shape index (κ1) is 15.3. The van der Waals surface area contributed by atoms with Gasteiger partial charge in [-0.15, -0.1) is 0 Å². The van der Waals surface area contributed by atoms with E-state index in [-0.39, 0.29) is 0 Å². The maximum absolute atomic E-state index is 6.38. The molecule has 0 aliphatic rings. The monoisotopic (exact) mass is 359 g/mol. The van der Waals surface area contributed by atoms with Crippen molar-refractivity contribution < 1.29 is 4.74 Å². The molecule has 28 heavy (non-hydrogen) atoms. The van der Waals surface area contributed by atoms with E-state index >= 15 is 0 Å². The van der Waals surface area contributed by atoms with Crippen LogP contribution in [0, 0.1) is 0 Å². The zero-order chi connectivity index (χ0) is 18.5. The Labute approximate surface area is 162 Å². The molecule has 1 heterocycles. The Balaban J connectivity index is 1.60. The molecular weight excluding hydrogens is 342 g/mol. The van der Waals surface area contributed by atoms with Gasteiger partial charge in [-0.25, -0.2) is 0 Å². The maximum Gasteiger partial charge on any atom is 0.135 e. The molecule has 2 heteroatoms. The quantitative estimate of drug-likeness (QED) is 0.252. The molecule has 6 rings (SSSR count). The number of hydrogen-bond donors (Lipinski definition) is 1. The molecule has 0 atom stereocenters. The largest absolute Gasteiger partial charge is 0.457 e. The van der Waals surface area contributed by atoms with Crippen molar-refractivity contribution >= 4 is 43.2 Å². The lowest BCUT2D eigenvalue weighted by atomic mass is 9.98. The van der Waals surface area contributed by atoms with Crippen molar-refractivity contribution in [2.24, 2.45) is 0 Å². The number of rotatable bonds is 2. The lowest BCUT2D eigenvalue weighted by molar-refractivity contribution is 0.489. The topological polar surface area (TPSA) is 25.0 Å². The third-order valence-electron chi connectivity index (χ3n) is 5.44. The Morgan fingerprint density at radius 3 is 2.32 bits per heavy atom. The number of H-pyrrole nitrogens is 1. The Bertz CT molecular complexity index is 1490. The highest BCUT2D eigenvalue weighted by Gasteiger charge is 2.09. The molecule has 0 aliphatic heterocycles. The molecule has 0 unspecified atom stereocenters. The first-order valence-electron chi connectivity index (χ1n) is 9.44. The summed E-state index contributed by atoms with van der Waals surface area (Å²) >= 11 is 0. The van der Waals surface area contributed by atoms with E-state index in [1.165, 1.54) is 26.9 Å². The summed E-state index contributed by atoms with van der Waals surface area (Å²) in [6, 6.07) is 31.9. The second-order valence-electron chi connectivity index (χ2n) is 7.17. The van der Waals surface area contributed by atoms with Crippen LogP contribution in [0.5, 0.6) is 11.5 Å². The predicted octanol–water partition coefficient (Wildman–Crippen LogP) is 7.42. The molecule has 1 aromatic heterocycles. The van der Waals surface area contributed by atoms with Gasteiger partial charge in [0.25, 0.3) is 0 Å². The van der Waals surface area contributed by atoms with Gasteiger partial charge >= 0.3 is 0 Å². The van der Waals surface area contributed by atoms with Crippen LogP contribution in [0.2, 0.25) is 0 Å². The van der Waals surface area contributed by atoms with Crippen molar-refractivity contribution in [1.82, 2.24) is 4.98 Å². The number of nitrogens with one attached hydrogen (secondary N) is 1. The van der Waals surface area contributed by atoms with Gasteiger partial charge in [0, 0.05) is 22.5 Å². The van der Waals surface area contributed by atoms with Crippen LogP contribution in [0.1, 0.15) is 0 Å². The maximum atomic E-state index is 6.38. The molecule has 0 amide bonds. The van der Waals surface area contributed by atoms with E-state index in [0.29, 0.717) is 0 Å². The van der Waals surface area contributed by atoms with E-state index in [9.17, 15) is 0 Å². The van der Waals surface area contributed by atoms with Gasteiger partial charge in [0.1, 0.15) is 11.5 Å². The average Bonchev–Trinajstić information content (AvgIpc) is 3.20. The van der Waals surface area contributed by atoms with Gasteiger partial charge in [0.2, 0.25) is 0 Å². The molecule has 0 saturated heterocycles. The molecule has 0 bridgehead atoms. The Morgan fingerprint density at radius 1 is 0.571 bits per heavy atom. The van der Waals surface area contributed by atoms with Crippen LogP contribution in [0.3, 0.4) is 0 Å².